The van der Waals surface area contributed by atoms with Crippen LogP contribution in [-0.2, 0) is 19.1 Å². The largest absolute Gasteiger partial charge is 0.379 e. The highest BCUT2D eigenvalue weighted by Crippen LogP contribution is 2.32. The van der Waals surface area contributed by atoms with Gasteiger partial charge >= 0.3 is 0 Å². The van der Waals surface area contributed by atoms with Gasteiger partial charge in [-0.2, -0.15) is 0 Å². The zero-order chi connectivity index (χ0) is 22.4. The highest BCUT2D eigenvalue weighted by molar-refractivity contribution is 6.26. The van der Waals surface area contributed by atoms with E-state index in [9.17, 15) is 24.0 Å². The van der Waals surface area contributed by atoms with Crippen molar-refractivity contribution >= 4 is 35.2 Å². The molecule has 0 aromatic heterocycles. The molecule has 166 valence electrons. The van der Waals surface area contributed by atoms with Crippen LogP contribution >= 0.6 is 0 Å². The summed E-state index contributed by atoms with van der Waals surface area (Å²) >= 11 is 0. The number of hydrogen-bond donors (Lipinski definition) is 4. The lowest BCUT2D eigenvalue weighted by molar-refractivity contribution is -0.136. The van der Waals surface area contributed by atoms with Gasteiger partial charge in [-0.3, -0.25) is 34.2 Å². The van der Waals surface area contributed by atoms with Gasteiger partial charge in [0.1, 0.15) is 6.04 Å². The number of carbonyl (C=O) groups is 5. The number of carbonyl (C=O) groups excluding carboxylic acids is 5. The van der Waals surface area contributed by atoms with E-state index in [0.717, 1.165) is 4.90 Å². The number of rotatable bonds is 10. The SMILES string of the molecule is NCCOCCNCCC(=O)Nc1cccc2c1C(=O)N(C1CCC(=O)NC1=O)C2=O. The monoisotopic (exact) mass is 431 g/mol. The molecule has 1 saturated heterocycles. The average Bonchev–Trinajstić information content (AvgIpc) is 2.99. The van der Waals surface area contributed by atoms with E-state index in [1.165, 1.54) is 12.1 Å². The minimum Gasteiger partial charge on any atom is -0.379 e. The summed E-state index contributed by atoms with van der Waals surface area (Å²) in [6.45, 7) is 2.39. The normalized spacial score (nSPS) is 18.2. The highest BCUT2D eigenvalue weighted by Gasteiger charge is 2.45. The molecule has 0 bridgehead atoms. The van der Waals surface area contributed by atoms with Gasteiger partial charge in [0.25, 0.3) is 11.8 Å². The maximum absolute atomic E-state index is 13.0. The van der Waals surface area contributed by atoms with Crippen LogP contribution in [-0.4, -0.2) is 73.3 Å². The smallest absolute Gasteiger partial charge is 0.264 e. The Hall–Kier alpha value is -3.15. The summed E-state index contributed by atoms with van der Waals surface area (Å²) in [5.74, 6) is -2.74. The predicted octanol–water partition coefficient (Wildman–Crippen LogP) is -1.02. The van der Waals surface area contributed by atoms with Gasteiger partial charge in [-0.25, -0.2) is 0 Å². The van der Waals surface area contributed by atoms with Crippen molar-refractivity contribution in [3.63, 3.8) is 0 Å². The molecule has 11 nitrogen and oxygen atoms in total. The summed E-state index contributed by atoms with van der Waals surface area (Å²) < 4.78 is 5.22. The second kappa shape index (κ2) is 10.2. The second-order valence-corrected chi connectivity index (χ2v) is 7.12. The number of ether oxygens (including phenoxy) is 1. The Kier molecular flexibility index (Phi) is 7.45. The second-order valence-electron chi connectivity index (χ2n) is 7.12. The molecule has 0 radical (unpaired) electrons. The number of nitrogens with one attached hydrogen (secondary N) is 3. The lowest BCUT2D eigenvalue weighted by atomic mass is 10.0. The minimum atomic E-state index is -1.06. The first-order chi connectivity index (χ1) is 14.9. The zero-order valence-corrected chi connectivity index (χ0v) is 16.9. The molecule has 5 amide bonds. The standard InChI is InChI=1S/C20H25N5O6/c21-7-10-31-11-9-22-8-6-16(27)23-13-3-1-2-12-17(13)20(30)25(19(12)29)14-4-5-15(26)24-18(14)28/h1-3,14,22H,4-11,21H2,(H,23,27)(H,24,26,28). The zero-order valence-electron chi connectivity index (χ0n) is 16.9. The van der Waals surface area contributed by atoms with Crippen LogP contribution in [0.3, 0.4) is 0 Å². The van der Waals surface area contributed by atoms with Crippen LogP contribution < -0.4 is 21.7 Å². The van der Waals surface area contributed by atoms with Crippen LogP contribution in [0.15, 0.2) is 18.2 Å². The number of anilines is 1. The lowest BCUT2D eigenvalue weighted by Crippen LogP contribution is -2.54. The van der Waals surface area contributed by atoms with E-state index in [1.807, 2.05) is 0 Å². The van der Waals surface area contributed by atoms with Crippen molar-refractivity contribution in [2.45, 2.75) is 25.3 Å². The number of amides is 5. The molecule has 1 fully saturated rings. The molecule has 0 aliphatic carbocycles. The topological polar surface area (TPSA) is 160 Å². The number of nitrogens with zero attached hydrogens (tertiary/aromatic N) is 1. The highest BCUT2D eigenvalue weighted by atomic mass is 16.5. The molecular formula is C20H25N5O6. The third-order valence-corrected chi connectivity index (χ3v) is 4.96. The molecular weight excluding hydrogens is 406 g/mol. The molecule has 0 saturated carbocycles. The fourth-order valence-corrected chi connectivity index (χ4v) is 3.49. The van der Waals surface area contributed by atoms with Gasteiger partial charge in [-0.05, 0) is 18.6 Å². The number of piperidine rings is 1. The van der Waals surface area contributed by atoms with Gasteiger partial charge in [-0.1, -0.05) is 6.07 Å². The van der Waals surface area contributed by atoms with Gasteiger partial charge < -0.3 is 21.1 Å². The Bertz CT molecular complexity index is 902. The average molecular weight is 431 g/mol. The maximum atomic E-state index is 13.0. The Labute approximate surface area is 178 Å². The number of hydrogen-bond acceptors (Lipinski definition) is 8. The molecule has 1 atom stereocenters. The van der Waals surface area contributed by atoms with Crippen LogP contribution in [0.1, 0.15) is 40.0 Å². The first kappa shape index (κ1) is 22.5. The van der Waals surface area contributed by atoms with Crippen LogP contribution in [0, 0.1) is 0 Å². The van der Waals surface area contributed by atoms with E-state index in [1.54, 1.807) is 6.07 Å². The van der Waals surface area contributed by atoms with Crippen molar-refractivity contribution < 1.29 is 28.7 Å². The summed E-state index contributed by atoms with van der Waals surface area (Å²) in [5.41, 5.74) is 5.70. The molecule has 2 heterocycles. The molecule has 0 spiro atoms. The van der Waals surface area contributed by atoms with E-state index < -0.39 is 29.7 Å². The van der Waals surface area contributed by atoms with E-state index in [2.05, 4.69) is 16.0 Å². The fraction of sp³-hybridized carbons (Fsp3) is 0.450. The number of fused-ring (bicyclic) bond motifs is 1. The summed E-state index contributed by atoms with van der Waals surface area (Å²) in [4.78, 5) is 62.5. The Morgan fingerprint density at radius 3 is 2.71 bits per heavy atom. The summed E-state index contributed by atoms with van der Waals surface area (Å²) in [7, 11) is 0. The molecule has 1 unspecified atom stereocenters. The third-order valence-electron chi connectivity index (χ3n) is 4.96. The maximum Gasteiger partial charge on any atom is 0.264 e. The van der Waals surface area contributed by atoms with E-state index >= 15 is 0 Å². The van der Waals surface area contributed by atoms with Crippen LogP contribution in [0.5, 0.6) is 0 Å². The van der Waals surface area contributed by atoms with Crippen molar-refractivity contribution in [3.8, 4) is 0 Å². The summed E-state index contributed by atoms with van der Waals surface area (Å²) in [6.07, 6.45) is 0.260. The van der Waals surface area contributed by atoms with Crippen LogP contribution in [0.2, 0.25) is 0 Å². The van der Waals surface area contributed by atoms with Crippen LogP contribution in [0.4, 0.5) is 5.69 Å². The summed E-state index contributed by atoms with van der Waals surface area (Å²) in [5, 5.41) is 7.87. The molecule has 31 heavy (non-hydrogen) atoms. The predicted molar refractivity (Wildman–Crippen MR) is 109 cm³/mol. The molecule has 1 aromatic rings. The molecule has 11 heteroatoms. The molecule has 3 rings (SSSR count). The van der Waals surface area contributed by atoms with Crippen molar-refractivity contribution in [2.75, 3.05) is 38.2 Å². The first-order valence-electron chi connectivity index (χ1n) is 10.1. The lowest BCUT2D eigenvalue weighted by Gasteiger charge is -2.27. The van der Waals surface area contributed by atoms with E-state index in [-0.39, 0.29) is 42.0 Å². The van der Waals surface area contributed by atoms with Crippen molar-refractivity contribution in [3.05, 3.63) is 29.3 Å². The van der Waals surface area contributed by atoms with Crippen molar-refractivity contribution in [1.82, 2.24) is 15.5 Å². The van der Waals surface area contributed by atoms with Gasteiger partial charge in [-0.15, -0.1) is 0 Å². The number of nitrogens with two attached hydrogens (primary N) is 1. The molecule has 5 N–H and O–H groups in total. The van der Waals surface area contributed by atoms with E-state index in [0.29, 0.717) is 32.8 Å². The third kappa shape index (κ3) is 5.13. The Morgan fingerprint density at radius 2 is 1.97 bits per heavy atom. The van der Waals surface area contributed by atoms with Gasteiger partial charge in [0, 0.05) is 32.5 Å². The fourth-order valence-electron chi connectivity index (χ4n) is 3.49. The van der Waals surface area contributed by atoms with Gasteiger partial charge in [0.15, 0.2) is 0 Å². The molecule has 2 aliphatic rings. The Balaban J connectivity index is 1.62. The minimum absolute atomic E-state index is 0.0394. The Morgan fingerprint density at radius 1 is 1.16 bits per heavy atom. The van der Waals surface area contributed by atoms with Crippen molar-refractivity contribution in [2.24, 2.45) is 5.73 Å². The first-order valence-corrected chi connectivity index (χ1v) is 10.1. The van der Waals surface area contributed by atoms with Gasteiger partial charge in [0.2, 0.25) is 17.7 Å². The van der Waals surface area contributed by atoms with E-state index in [4.69, 9.17) is 10.5 Å². The quantitative estimate of drug-likeness (QED) is 0.271. The molecule has 1 aromatic carbocycles. The van der Waals surface area contributed by atoms with Gasteiger partial charge in [0.05, 0.1) is 30.0 Å². The molecule has 2 aliphatic heterocycles. The van der Waals surface area contributed by atoms with Crippen molar-refractivity contribution in [1.29, 1.82) is 0 Å². The summed E-state index contributed by atoms with van der Waals surface area (Å²) in [6, 6.07) is 3.50. The van der Waals surface area contributed by atoms with Crippen LogP contribution in [0.25, 0.3) is 0 Å². The number of benzene rings is 1. The number of imide groups is 2.